The van der Waals surface area contributed by atoms with Crippen LogP contribution in [0, 0.1) is 0 Å². The number of hydrogen-bond acceptors (Lipinski definition) is 6. The van der Waals surface area contributed by atoms with Gasteiger partial charge in [-0.15, -0.1) is 5.23 Å². The third-order valence-electron chi connectivity index (χ3n) is 1.83. The first-order valence-electron chi connectivity index (χ1n) is 4.12. The predicted molar refractivity (Wildman–Crippen MR) is 45.5 cm³/mol. The van der Waals surface area contributed by atoms with Crippen molar-refractivity contribution in [3.63, 3.8) is 0 Å². The lowest BCUT2D eigenvalue weighted by Crippen LogP contribution is -2.52. The minimum Gasteiger partial charge on any atom is -0.379 e. The molecule has 1 heterocycles. The molecule has 72 valence electrons. The minimum absolute atomic E-state index is 0.771. The number of nitrogens with one attached hydrogen (secondary N) is 1. The monoisotopic (exact) mass is 175 g/mol. The number of nitrogens with zero attached hydrogens (tertiary/aromatic N) is 2. The first kappa shape index (κ1) is 9.85. The molecule has 1 aliphatic heterocycles. The van der Waals surface area contributed by atoms with Crippen molar-refractivity contribution >= 4 is 0 Å². The zero-order chi connectivity index (χ0) is 8.81. The highest BCUT2D eigenvalue weighted by atomic mass is 16.5. The lowest BCUT2D eigenvalue weighted by Gasteiger charge is -2.26. The Hall–Kier alpha value is -0.240. The number of nitrogens with two attached hydrogens (primary N) is 2. The van der Waals surface area contributed by atoms with Gasteiger partial charge in [-0.05, 0) is 0 Å². The molecule has 1 rings (SSSR count). The van der Waals surface area contributed by atoms with E-state index in [1.807, 2.05) is 0 Å². The van der Waals surface area contributed by atoms with Crippen LogP contribution in [0.5, 0.6) is 0 Å². The van der Waals surface area contributed by atoms with Crippen LogP contribution in [0.1, 0.15) is 0 Å². The highest BCUT2D eigenvalue weighted by Crippen LogP contribution is 1.94. The quantitative estimate of drug-likeness (QED) is 0.335. The van der Waals surface area contributed by atoms with Gasteiger partial charge < -0.3 is 4.74 Å². The molecule has 0 atom stereocenters. The van der Waals surface area contributed by atoms with Gasteiger partial charge in [0.15, 0.2) is 0 Å². The van der Waals surface area contributed by atoms with Crippen molar-refractivity contribution in [3.05, 3.63) is 0 Å². The Kier molecular flexibility index (Phi) is 4.44. The molecule has 0 spiro atoms. The summed E-state index contributed by atoms with van der Waals surface area (Å²) in [4.78, 5) is 2.31. The van der Waals surface area contributed by atoms with E-state index in [1.54, 1.807) is 0 Å². The predicted octanol–water partition coefficient (Wildman–Crippen LogP) is -2.13. The number of morpholine rings is 1. The van der Waals surface area contributed by atoms with E-state index >= 15 is 0 Å². The van der Waals surface area contributed by atoms with Crippen LogP contribution in [0.4, 0.5) is 0 Å². The van der Waals surface area contributed by atoms with Gasteiger partial charge in [-0.1, -0.05) is 0 Å². The summed E-state index contributed by atoms with van der Waals surface area (Å²) in [5, 5.41) is 0.987. The maximum atomic E-state index is 5.21. The van der Waals surface area contributed by atoms with E-state index in [9.17, 15) is 0 Å². The Morgan fingerprint density at radius 1 is 1.33 bits per heavy atom. The summed E-state index contributed by atoms with van der Waals surface area (Å²) < 4.78 is 5.21. The molecule has 0 aromatic carbocycles. The fourth-order valence-electron chi connectivity index (χ4n) is 1.16. The molecule has 0 amide bonds. The minimum atomic E-state index is 0.771. The third-order valence-corrected chi connectivity index (χ3v) is 1.83. The van der Waals surface area contributed by atoms with Gasteiger partial charge in [0, 0.05) is 26.2 Å². The van der Waals surface area contributed by atoms with E-state index < -0.39 is 0 Å². The van der Waals surface area contributed by atoms with Gasteiger partial charge in [-0.25, -0.2) is 17.1 Å². The Bertz CT molecular complexity index is 115. The van der Waals surface area contributed by atoms with Gasteiger partial charge in [0.2, 0.25) is 0 Å². The Balaban J connectivity index is 1.98. The average molecular weight is 175 g/mol. The summed E-state index contributed by atoms with van der Waals surface area (Å²) in [6, 6.07) is 0. The molecule has 0 bridgehead atoms. The third kappa shape index (κ3) is 3.96. The standard InChI is InChI=1S/C6H17N5O/c7-11(8)9-1-2-10-3-5-12-6-4-10/h9H,1-8H2. The van der Waals surface area contributed by atoms with Crippen molar-refractivity contribution in [1.82, 2.24) is 15.6 Å². The summed E-state index contributed by atoms with van der Waals surface area (Å²) >= 11 is 0. The average Bonchev–Trinajstić information content (AvgIpc) is 2.05. The lowest BCUT2D eigenvalue weighted by molar-refractivity contribution is 0.0351. The molecular weight excluding hydrogens is 158 g/mol. The lowest BCUT2D eigenvalue weighted by atomic mass is 10.4. The molecule has 6 nitrogen and oxygen atoms in total. The molecular formula is C6H17N5O. The van der Waals surface area contributed by atoms with Crippen LogP contribution in [0.3, 0.4) is 0 Å². The van der Waals surface area contributed by atoms with Gasteiger partial charge in [0.25, 0.3) is 0 Å². The van der Waals surface area contributed by atoms with Crippen molar-refractivity contribution in [2.45, 2.75) is 0 Å². The molecule has 12 heavy (non-hydrogen) atoms. The first-order valence-corrected chi connectivity index (χ1v) is 4.12. The van der Waals surface area contributed by atoms with E-state index in [1.165, 1.54) is 0 Å². The smallest absolute Gasteiger partial charge is 0.0594 e. The number of rotatable bonds is 4. The largest absolute Gasteiger partial charge is 0.379 e. The summed E-state index contributed by atoms with van der Waals surface area (Å²) in [6.07, 6.45) is 0. The summed E-state index contributed by atoms with van der Waals surface area (Å²) in [5.41, 5.74) is 2.80. The molecule has 0 aromatic heterocycles. The van der Waals surface area contributed by atoms with E-state index in [0.29, 0.717) is 0 Å². The van der Waals surface area contributed by atoms with Crippen molar-refractivity contribution < 1.29 is 4.74 Å². The van der Waals surface area contributed by atoms with Crippen molar-refractivity contribution in [1.29, 1.82) is 0 Å². The Morgan fingerprint density at radius 2 is 2.00 bits per heavy atom. The van der Waals surface area contributed by atoms with Crippen molar-refractivity contribution in [2.24, 2.45) is 11.7 Å². The van der Waals surface area contributed by atoms with Gasteiger partial charge in [0.1, 0.15) is 0 Å². The van der Waals surface area contributed by atoms with Crippen molar-refractivity contribution in [2.75, 3.05) is 39.4 Å². The van der Waals surface area contributed by atoms with E-state index in [2.05, 4.69) is 10.3 Å². The SMILES string of the molecule is NN(N)NCCN1CCOCC1. The molecule has 1 saturated heterocycles. The number of hydrogen-bond donors (Lipinski definition) is 3. The second kappa shape index (κ2) is 5.41. The van der Waals surface area contributed by atoms with E-state index in [4.69, 9.17) is 16.4 Å². The van der Waals surface area contributed by atoms with Crippen molar-refractivity contribution in [3.8, 4) is 0 Å². The number of hydrazine groups is 3. The fourth-order valence-corrected chi connectivity index (χ4v) is 1.16. The molecule has 6 heteroatoms. The van der Waals surface area contributed by atoms with E-state index in [0.717, 1.165) is 44.6 Å². The van der Waals surface area contributed by atoms with Crippen LogP contribution >= 0.6 is 0 Å². The Labute approximate surface area is 72.3 Å². The van der Waals surface area contributed by atoms with Gasteiger partial charge in [-0.3, -0.25) is 4.90 Å². The van der Waals surface area contributed by atoms with Gasteiger partial charge in [0.05, 0.1) is 13.2 Å². The molecule has 0 aliphatic carbocycles. The maximum absolute atomic E-state index is 5.21. The summed E-state index contributed by atoms with van der Waals surface area (Å²) in [5.74, 6) is 10.3. The topological polar surface area (TPSA) is 79.8 Å². The van der Waals surface area contributed by atoms with Crippen LogP contribution in [0.25, 0.3) is 0 Å². The number of ether oxygens (including phenoxy) is 1. The van der Waals surface area contributed by atoms with Crippen LogP contribution in [0.2, 0.25) is 0 Å². The fraction of sp³-hybridized carbons (Fsp3) is 1.00. The van der Waals surface area contributed by atoms with Crippen LogP contribution in [-0.2, 0) is 4.74 Å². The molecule has 0 saturated carbocycles. The Morgan fingerprint density at radius 3 is 2.58 bits per heavy atom. The van der Waals surface area contributed by atoms with Crippen LogP contribution < -0.4 is 17.1 Å². The normalized spacial score (nSPS) is 20.2. The van der Waals surface area contributed by atoms with Gasteiger partial charge in [-0.2, -0.15) is 0 Å². The van der Waals surface area contributed by atoms with Crippen LogP contribution in [0.15, 0.2) is 0 Å². The second-order valence-corrected chi connectivity index (χ2v) is 2.77. The molecule has 0 radical (unpaired) electrons. The summed E-state index contributed by atoms with van der Waals surface area (Å²) in [6.45, 7) is 5.37. The van der Waals surface area contributed by atoms with Gasteiger partial charge >= 0.3 is 0 Å². The van der Waals surface area contributed by atoms with E-state index in [-0.39, 0.29) is 0 Å². The zero-order valence-electron chi connectivity index (χ0n) is 7.20. The molecule has 1 aliphatic rings. The summed E-state index contributed by atoms with van der Waals surface area (Å²) in [7, 11) is 0. The molecule has 0 unspecified atom stereocenters. The molecule has 0 aromatic rings. The zero-order valence-corrected chi connectivity index (χ0v) is 7.20. The molecule has 5 N–H and O–H groups in total. The first-order chi connectivity index (χ1) is 5.79. The highest BCUT2D eigenvalue weighted by molar-refractivity contribution is 4.61. The molecule has 1 fully saturated rings. The highest BCUT2D eigenvalue weighted by Gasteiger charge is 2.08. The van der Waals surface area contributed by atoms with Crippen LogP contribution in [-0.4, -0.2) is 49.5 Å². The maximum Gasteiger partial charge on any atom is 0.0594 e. The second-order valence-electron chi connectivity index (χ2n) is 2.77.